The van der Waals surface area contributed by atoms with Crippen molar-refractivity contribution in [2.75, 3.05) is 17.7 Å². The summed E-state index contributed by atoms with van der Waals surface area (Å²) in [5, 5.41) is 5.77. The van der Waals surface area contributed by atoms with E-state index in [4.69, 9.17) is 4.74 Å². The summed E-state index contributed by atoms with van der Waals surface area (Å²) in [5.74, 6) is -0.348. The number of aromatic amines is 1. The molecule has 0 saturated carbocycles. The molecule has 2 amide bonds. The lowest BCUT2D eigenvalue weighted by Crippen LogP contribution is -2.36. The Morgan fingerprint density at radius 1 is 1.22 bits per heavy atom. The number of anilines is 2. The molecule has 0 spiro atoms. The first-order valence-electron chi connectivity index (χ1n) is 10.0. The van der Waals surface area contributed by atoms with Gasteiger partial charge in [-0.25, -0.2) is 4.98 Å². The van der Waals surface area contributed by atoms with E-state index in [-0.39, 0.29) is 23.7 Å². The lowest BCUT2D eigenvalue weighted by molar-refractivity contribution is -0.123. The highest BCUT2D eigenvalue weighted by molar-refractivity contribution is 7.98. The van der Waals surface area contributed by atoms with Crippen LogP contribution in [0.3, 0.4) is 0 Å². The third-order valence-corrected chi connectivity index (χ3v) is 6.01. The fourth-order valence-electron chi connectivity index (χ4n) is 3.50. The zero-order valence-corrected chi connectivity index (χ0v) is 18.4. The summed E-state index contributed by atoms with van der Waals surface area (Å²) in [5.41, 5.74) is 2.51. The molecular formula is C23H22N4O4S. The number of hydrogen-bond donors (Lipinski definition) is 3. The van der Waals surface area contributed by atoms with E-state index in [0.717, 1.165) is 11.1 Å². The molecule has 4 rings (SSSR count). The SMILES string of the molecule is COc1ccc(NC(=O)[C@H]2CC(=O)Nc3nc(SCc4cccc(C)c4)[nH]c(=O)c32)cc1. The molecule has 0 radical (unpaired) electrons. The monoisotopic (exact) mass is 450 g/mol. The number of carbonyl (C=O) groups is 2. The van der Waals surface area contributed by atoms with Gasteiger partial charge < -0.3 is 20.4 Å². The Labute approximate surface area is 188 Å². The molecule has 0 bridgehead atoms. The van der Waals surface area contributed by atoms with Crippen LogP contribution in [-0.2, 0) is 15.3 Å². The van der Waals surface area contributed by atoms with E-state index in [0.29, 0.717) is 22.3 Å². The minimum absolute atomic E-state index is 0.129. The lowest BCUT2D eigenvalue weighted by atomic mass is 9.92. The van der Waals surface area contributed by atoms with Crippen LogP contribution in [0.2, 0.25) is 0 Å². The number of H-pyrrole nitrogens is 1. The van der Waals surface area contributed by atoms with Gasteiger partial charge in [0.1, 0.15) is 11.6 Å². The smallest absolute Gasteiger partial charge is 0.257 e. The number of ether oxygens (including phenoxy) is 1. The summed E-state index contributed by atoms with van der Waals surface area (Å²) in [7, 11) is 1.55. The second-order valence-corrected chi connectivity index (χ2v) is 8.40. The number of rotatable bonds is 6. The Balaban J connectivity index is 1.55. The number of nitrogens with zero attached hydrogens (tertiary/aromatic N) is 1. The van der Waals surface area contributed by atoms with E-state index in [1.54, 1.807) is 31.4 Å². The number of methoxy groups -OCH3 is 1. The molecule has 164 valence electrons. The van der Waals surface area contributed by atoms with E-state index in [1.165, 1.54) is 11.8 Å². The van der Waals surface area contributed by atoms with Crippen molar-refractivity contribution in [2.24, 2.45) is 0 Å². The van der Waals surface area contributed by atoms with E-state index >= 15 is 0 Å². The molecule has 3 N–H and O–H groups in total. The molecular weight excluding hydrogens is 428 g/mol. The standard InChI is InChI=1S/C23H22N4O4S/c1-13-4-3-5-14(10-13)12-32-23-26-20-19(22(30)27-23)17(11-18(28)25-20)21(29)24-15-6-8-16(31-2)9-7-15/h3-10,17H,11-12H2,1-2H3,(H,24,29)(H2,25,26,27,28,30)/t17-/m0/s1. The molecule has 32 heavy (non-hydrogen) atoms. The summed E-state index contributed by atoms with van der Waals surface area (Å²) in [6.07, 6.45) is -0.129. The zero-order chi connectivity index (χ0) is 22.7. The van der Waals surface area contributed by atoms with Crippen molar-refractivity contribution in [1.29, 1.82) is 0 Å². The number of benzene rings is 2. The Bertz CT molecular complexity index is 1220. The summed E-state index contributed by atoms with van der Waals surface area (Å²) < 4.78 is 5.11. The van der Waals surface area contributed by atoms with Crippen molar-refractivity contribution in [1.82, 2.24) is 9.97 Å². The van der Waals surface area contributed by atoms with Crippen LogP contribution in [0.15, 0.2) is 58.5 Å². The van der Waals surface area contributed by atoms with Gasteiger partial charge in [-0.1, -0.05) is 41.6 Å². The maximum absolute atomic E-state index is 12.9. The Morgan fingerprint density at radius 3 is 2.72 bits per heavy atom. The van der Waals surface area contributed by atoms with Gasteiger partial charge in [0, 0.05) is 17.9 Å². The van der Waals surface area contributed by atoms with Crippen molar-refractivity contribution >= 4 is 35.1 Å². The molecule has 2 aromatic carbocycles. The largest absolute Gasteiger partial charge is 0.497 e. The number of nitrogens with one attached hydrogen (secondary N) is 3. The normalized spacial score (nSPS) is 14.9. The molecule has 1 aromatic heterocycles. The maximum atomic E-state index is 12.9. The molecule has 0 fully saturated rings. The first-order valence-corrected chi connectivity index (χ1v) is 11.0. The summed E-state index contributed by atoms with van der Waals surface area (Å²) in [6.45, 7) is 2.01. The summed E-state index contributed by atoms with van der Waals surface area (Å²) >= 11 is 1.36. The molecule has 0 saturated heterocycles. The van der Waals surface area contributed by atoms with E-state index < -0.39 is 17.4 Å². The minimum Gasteiger partial charge on any atom is -0.497 e. The van der Waals surface area contributed by atoms with Gasteiger partial charge in [-0.15, -0.1) is 0 Å². The Kier molecular flexibility index (Phi) is 6.27. The van der Waals surface area contributed by atoms with Crippen molar-refractivity contribution in [3.05, 3.63) is 75.6 Å². The second kappa shape index (κ2) is 9.27. The van der Waals surface area contributed by atoms with Gasteiger partial charge in [0.2, 0.25) is 11.8 Å². The maximum Gasteiger partial charge on any atom is 0.257 e. The molecule has 2 heterocycles. The van der Waals surface area contributed by atoms with Crippen LogP contribution in [-0.4, -0.2) is 28.9 Å². The first-order chi connectivity index (χ1) is 15.4. The number of hydrogen-bond acceptors (Lipinski definition) is 6. The highest BCUT2D eigenvalue weighted by Crippen LogP contribution is 2.31. The predicted molar refractivity (Wildman–Crippen MR) is 123 cm³/mol. The zero-order valence-electron chi connectivity index (χ0n) is 17.6. The molecule has 0 unspecified atom stereocenters. The number of aryl methyl sites for hydroxylation is 1. The fraction of sp³-hybridized carbons (Fsp3) is 0.217. The van der Waals surface area contributed by atoms with Gasteiger partial charge in [-0.2, -0.15) is 0 Å². The van der Waals surface area contributed by atoms with Gasteiger partial charge in [-0.3, -0.25) is 14.4 Å². The van der Waals surface area contributed by atoms with Crippen LogP contribution in [0.4, 0.5) is 11.5 Å². The van der Waals surface area contributed by atoms with E-state index in [1.807, 2.05) is 25.1 Å². The van der Waals surface area contributed by atoms with Crippen LogP contribution < -0.4 is 20.9 Å². The number of amides is 2. The third-order valence-electron chi connectivity index (χ3n) is 5.06. The number of carbonyl (C=O) groups excluding carboxylic acids is 2. The average Bonchev–Trinajstić information content (AvgIpc) is 2.77. The molecule has 1 atom stereocenters. The van der Waals surface area contributed by atoms with Crippen LogP contribution in [0.1, 0.15) is 29.0 Å². The molecule has 3 aromatic rings. The van der Waals surface area contributed by atoms with Gasteiger partial charge in [0.05, 0.1) is 18.6 Å². The number of thioether (sulfide) groups is 1. The average molecular weight is 451 g/mol. The Hall–Kier alpha value is -3.59. The van der Waals surface area contributed by atoms with Gasteiger partial charge in [-0.05, 0) is 36.8 Å². The minimum atomic E-state index is -0.937. The predicted octanol–water partition coefficient (Wildman–Crippen LogP) is 3.44. The van der Waals surface area contributed by atoms with Crippen molar-refractivity contribution in [3.63, 3.8) is 0 Å². The molecule has 8 nitrogen and oxygen atoms in total. The highest BCUT2D eigenvalue weighted by atomic mass is 32.2. The number of fused-ring (bicyclic) bond motifs is 1. The highest BCUT2D eigenvalue weighted by Gasteiger charge is 2.34. The van der Waals surface area contributed by atoms with Crippen LogP contribution >= 0.6 is 11.8 Å². The molecule has 1 aliphatic heterocycles. The van der Waals surface area contributed by atoms with Gasteiger partial charge in [0.15, 0.2) is 5.16 Å². The quantitative estimate of drug-likeness (QED) is 0.392. The topological polar surface area (TPSA) is 113 Å². The van der Waals surface area contributed by atoms with Gasteiger partial charge >= 0.3 is 0 Å². The van der Waals surface area contributed by atoms with Crippen LogP contribution in [0.25, 0.3) is 0 Å². The van der Waals surface area contributed by atoms with E-state index in [2.05, 4.69) is 26.7 Å². The summed E-state index contributed by atoms with van der Waals surface area (Å²) in [4.78, 5) is 45.2. The van der Waals surface area contributed by atoms with Gasteiger partial charge in [0.25, 0.3) is 5.56 Å². The van der Waals surface area contributed by atoms with Crippen molar-refractivity contribution in [3.8, 4) is 5.75 Å². The summed E-state index contributed by atoms with van der Waals surface area (Å²) in [6, 6.07) is 14.8. The molecule has 9 heteroatoms. The van der Waals surface area contributed by atoms with Crippen LogP contribution in [0.5, 0.6) is 5.75 Å². The molecule has 1 aliphatic rings. The molecule has 0 aliphatic carbocycles. The third kappa shape index (κ3) is 4.83. The van der Waals surface area contributed by atoms with Crippen molar-refractivity contribution in [2.45, 2.75) is 30.2 Å². The Morgan fingerprint density at radius 2 is 2.00 bits per heavy atom. The van der Waals surface area contributed by atoms with E-state index in [9.17, 15) is 14.4 Å². The first kappa shape index (κ1) is 21.6. The van der Waals surface area contributed by atoms with Crippen LogP contribution in [0, 0.1) is 6.92 Å². The van der Waals surface area contributed by atoms with Crippen molar-refractivity contribution < 1.29 is 14.3 Å². The number of aromatic nitrogens is 2. The fourth-order valence-corrected chi connectivity index (χ4v) is 4.30. The lowest BCUT2D eigenvalue weighted by Gasteiger charge is -2.23. The second-order valence-electron chi connectivity index (χ2n) is 7.43.